The summed E-state index contributed by atoms with van der Waals surface area (Å²) in [6.07, 6.45) is 1.90. The van der Waals surface area contributed by atoms with Crippen LogP contribution in [-0.4, -0.2) is 36.9 Å². The Hall–Kier alpha value is -0.610. The fourth-order valence-electron chi connectivity index (χ4n) is 1.95. The second-order valence-corrected chi connectivity index (χ2v) is 4.92. The van der Waals surface area contributed by atoms with Crippen molar-refractivity contribution in [1.82, 2.24) is 5.32 Å². The summed E-state index contributed by atoms with van der Waals surface area (Å²) < 4.78 is 5.20. The van der Waals surface area contributed by atoms with Gasteiger partial charge in [0.25, 0.3) is 0 Å². The number of rotatable bonds is 5. The Kier molecular flexibility index (Phi) is 5.77. The smallest absolute Gasteiger partial charge is 0.223 e. The lowest BCUT2D eigenvalue weighted by atomic mass is 9.99. The molecule has 0 aromatic carbocycles. The summed E-state index contributed by atoms with van der Waals surface area (Å²) in [5, 5.41) is 12.4. The van der Waals surface area contributed by atoms with Gasteiger partial charge in [0.05, 0.1) is 6.10 Å². The van der Waals surface area contributed by atoms with Gasteiger partial charge < -0.3 is 15.2 Å². The van der Waals surface area contributed by atoms with E-state index in [9.17, 15) is 9.90 Å². The zero-order valence-electron chi connectivity index (χ0n) is 10.2. The van der Waals surface area contributed by atoms with Gasteiger partial charge in [-0.15, -0.1) is 0 Å². The highest BCUT2D eigenvalue weighted by Crippen LogP contribution is 2.14. The molecule has 0 spiro atoms. The number of aliphatic hydroxyl groups is 1. The van der Waals surface area contributed by atoms with Crippen LogP contribution in [-0.2, 0) is 9.53 Å². The van der Waals surface area contributed by atoms with Crippen molar-refractivity contribution in [2.45, 2.75) is 39.2 Å². The summed E-state index contributed by atoms with van der Waals surface area (Å²) in [4.78, 5) is 11.7. The maximum Gasteiger partial charge on any atom is 0.223 e. The van der Waals surface area contributed by atoms with Crippen LogP contribution >= 0.6 is 0 Å². The molecule has 4 heteroatoms. The maximum atomic E-state index is 11.7. The van der Waals surface area contributed by atoms with Gasteiger partial charge in [0.2, 0.25) is 5.91 Å². The molecule has 0 radical (unpaired) electrons. The highest BCUT2D eigenvalue weighted by atomic mass is 16.5. The predicted molar refractivity (Wildman–Crippen MR) is 62.0 cm³/mol. The molecule has 1 unspecified atom stereocenters. The second kappa shape index (κ2) is 6.86. The third-order valence-electron chi connectivity index (χ3n) is 2.85. The minimum Gasteiger partial charge on any atom is -0.391 e. The van der Waals surface area contributed by atoms with Gasteiger partial charge in [0.15, 0.2) is 0 Å². The first-order valence-corrected chi connectivity index (χ1v) is 6.13. The minimum absolute atomic E-state index is 0.0612. The number of nitrogens with one attached hydrogen (secondary N) is 1. The Bertz CT molecular complexity index is 212. The highest BCUT2D eigenvalue weighted by Gasteiger charge is 2.21. The predicted octanol–water partition coefficient (Wildman–Crippen LogP) is 0.936. The molecule has 94 valence electrons. The Morgan fingerprint density at radius 1 is 1.44 bits per heavy atom. The summed E-state index contributed by atoms with van der Waals surface area (Å²) in [6, 6.07) is 0. The van der Waals surface area contributed by atoms with Crippen LogP contribution in [0.5, 0.6) is 0 Å². The van der Waals surface area contributed by atoms with Crippen molar-refractivity contribution in [1.29, 1.82) is 0 Å². The van der Waals surface area contributed by atoms with Crippen molar-refractivity contribution < 1.29 is 14.6 Å². The molecule has 1 fully saturated rings. The number of aliphatic hydroxyl groups excluding tert-OH is 1. The van der Waals surface area contributed by atoms with Gasteiger partial charge in [-0.1, -0.05) is 13.8 Å². The lowest BCUT2D eigenvalue weighted by molar-refractivity contribution is -0.128. The number of ether oxygens (including phenoxy) is 1. The Labute approximate surface area is 97.4 Å². The Morgan fingerprint density at radius 3 is 2.62 bits per heavy atom. The lowest BCUT2D eigenvalue weighted by Gasteiger charge is -2.22. The zero-order valence-corrected chi connectivity index (χ0v) is 10.2. The van der Waals surface area contributed by atoms with Gasteiger partial charge >= 0.3 is 0 Å². The fraction of sp³-hybridized carbons (Fsp3) is 0.917. The molecular formula is C12H23NO3. The van der Waals surface area contributed by atoms with Gasteiger partial charge in [-0.3, -0.25) is 4.79 Å². The van der Waals surface area contributed by atoms with Crippen LogP contribution in [0.4, 0.5) is 0 Å². The Morgan fingerprint density at radius 2 is 2.06 bits per heavy atom. The average molecular weight is 229 g/mol. The van der Waals surface area contributed by atoms with E-state index >= 15 is 0 Å². The van der Waals surface area contributed by atoms with E-state index < -0.39 is 6.10 Å². The Balaban J connectivity index is 2.18. The molecule has 1 heterocycles. The van der Waals surface area contributed by atoms with Crippen LogP contribution in [0, 0.1) is 11.8 Å². The summed E-state index contributed by atoms with van der Waals surface area (Å²) in [5.41, 5.74) is 0. The van der Waals surface area contributed by atoms with Crippen LogP contribution in [0.1, 0.15) is 33.1 Å². The van der Waals surface area contributed by atoms with E-state index in [-0.39, 0.29) is 11.8 Å². The van der Waals surface area contributed by atoms with Crippen LogP contribution in [0.15, 0.2) is 0 Å². The van der Waals surface area contributed by atoms with Crippen LogP contribution in [0.25, 0.3) is 0 Å². The van der Waals surface area contributed by atoms with E-state index in [1.54, 1.807) is 0 Å². The van der Waals surface area contributed by atoms with Crippen LogP contribution < -0.4 is 5.32 Å². The van der Waals surface area contributed by atoms with Crippen molar-refractivity contribution >= 4 is 5.91 Å². The van der Waals surface area contributed by atoms with E-state index in [1.807, 2.05) is 0 Å². The largest absolute Gasteiger partial charge is 0.391 e. The zero-order chi connectivity index (χ0) is 12.0. The summed E-state index contributed by atoms with van der Waals surface area (Å²) in [6.45, 7) is 5.83. The third kappa shape index (κ3) is 4.94. The molecule has 1 saturated heterocycles. The molecule has 1 aliphatic rings. The van der Waals surface area contributed by atoms with Crippen molar-refractivity contribution in [3.63, 3.8) is 0 Å². The number of amides is 1. The summed E-state index contributed by atoms with van der Waals surface area (Å²) in [7, 11) is 0. The van der Waals surface area contributed by atoms with Crippen LogP contribution in [0.2, 0.25) is 0 Å². The van der Waals surface area contributed by atoms with Gasteiger partial charge in [-0.25, -0.2) is 0 Å². The molecule has 16 heavy (non-hydrogen) atoms. The molecule has 1 atom stereocenters. The molecule has 1 aliphatic heterocycles. The molecule has 1 rings (SSSR count). The summed E-state index contributed by atoms with van der Waals surface area (Å²) >= 11 is 0. The van der Waals surface area contributed by atoms with Crippen molar-refractivity contribution in [3.05, 3.63) is 0 Å². The molecule has 0 aromatic heterocycles. The molecule has 4 nitrogen and oxygen atoms in total. The SMILES string of the molecule is CC(C)CC(O)CNC(=O)C1CCOCC1. The van der Waals surface area contributed by atoms with Gasteiger partial charge in [0, 0.05) is 25.7 Å². The average Bonchev–Trinajstić information content (AvgIpc) is 2.26. The minimum atomic E-state index is -0.427. The fourth-order valence-corrected chi connectivity index (χ4v) is 1.95. The molecule has 1 amide bonds. The van der Waals surface area contributed by atoms with E-state index in [1.165, 1.54) is 0 Å². The number of carbonyl (C=O) groups excluding carboxylic acids is 1. The second-order valence-electron chi connectivity index (χ2n) is 4.92. The van der Waals surface area contributed by atoms with Crippen molar-refractivity contribution in [3.8, 4) is 0 Å². The summed E-state index contributed by atoms with van der Waals surface area (Å²) in [5.74, 6) is 0.584. The van der Waals surface area contributed by atoms with Gasteiger partial charge in [-0.2, -0.15) is 0 Å². The van der Waals surface area contributed by atoms with Gasteiger partial charge in [0.1, 0.15) is 0 Å². The molecule has 0 saturated carbocycles. The number of hydrogen-bond donors (Lipinski definition) is 2. The first kappa shape index (κ1) is 13.5. The van der Waals surface area contributed by atoms with E-state index in [0.717, 1.165) is 19.3 Å². The number of hydrogen-bond acceptors (Lipinski definition) is 3. The molecular weight excluding hydrogens is 206 g/mol. The topological polar surface area (TPSA) is 58.6 Å². The lowest BCUT2D eigenvalue weighted by Crippen LogP contribution is -2.38. The monoisotopic (exact) mass is 229 g/mol. The molecule has 0 aliphatic carbocycles. The van der Waals surface area contributed by atoms with E-state index in [4.69, 9.17) is 4.74 Å². The highest BCUT2D eigenvalue weighted by molar-refractivity contribution is 5.78. The standard InChI is InChI=1S/C12H23NO3/c1-9(2)7-11(14)8-13-12(15)10-3-5-16-6-4-10/h9-11,14H,3-8H2,1-2H3,(H,13,15). The van der Waals surface area contributed by atoms with E-state index in [0.29, 0.717) is 25.7 Å². The number of carbonyl (C=O) groups is 1. The maximum absolute atomic E-state index is 11.7. The first-order chi connectivity index (χ1) is 7.59. The van der Waals surface area contributed by atoms with Crippen molar-refractivity contribution in [2.75, 3.05) is 19.8 Å². The quantitative estimate of drug-likeness (QED) is 0.737. The third-order valence-corrected chi connectivity index (χ3v) is 2.85. The molecule has 2 N–H and O–H groups in total. The first-order valence-electron chi connectivity index (χ1n) is 6.13. The molecule has 0 aromatic rings. The van der Waals surface area contributed by atoms with Crippen LogP contribution in [0.3, 0.4) is 0 Å². The molecule has 0 bridgehead atoms. The van der Waals surface area contributed by atoms with Crippen molar-refractivity contribution in [2.24, 2.45) is 11.8 Å². The van der Waals surface area contributed by atoms with Gasteiger partial charge in [-0.05, 0) is 25.2 Å². The van der Waals surface area contributed by atoms with E-state index in [2.05, 4.69) is 19.2 Å². The normalized spacial score (nSPS) is 19.8.